The number of aryl methyl sites for hydroxylation is 1. The fraction of sp³-hybridized carbons (Fsp3) is 0.179. The summed E-state index contributed by atoms with van der Waals surface area (Å²) in [6.45, 7) is 1.78. The maximum atomic E-state index is 13.4. The van der Waals surface area contributed by atoms with Crippen molar-refractivity contribution >= 4 is 35.0 Å². The lowest BCUT2D eigenvalue weighted by Crippen LogP contribution is -2.29. The minimum absolute atomic E-state index is 0.00363. The highest BCUT2D eigenvalue weighted by Gasteiger charge is 2.46. The number of carboxylic acids is 1. The zero-order chi connectivity index (χ0) is 26.9. The van der Waals surface area contributed by atoms with Crippen molar-refractivity contribution in [1.82, 2.24) is 4.90 Å². The summed E-state index contributed by atoms with van der Waals surface area (Å²) in [5.41, 5.74) is 2.08. The van der Waals surface area contributed by atoms with E-state index in [0.29, 0.717) is 16.9 Å². The van der Waals surface area contributed by atoms with E-state index in [1.807, 2.05) is 0 Å². The van der Waals surface area contributed by atoms with Gasteiger partial charge >= 0.3 is 5.97 Å². The van der Waals surface area contributed by atoms with Crippen LogP contribution in [0.5, 0.6) is 11.5 Å². The van der Waals surface area contributed by atoms with Crippen LogP contribution in [-0.2, 0) is 16.1 Å². The van der Waals surface area contributed by atoms with Gasteiger partial charge in [-0.15, -0.1) is 0 Å². The minimum Gasteiger partial charge on any atom is -0.507 e. The lowest BCUT2D eigenvalue weighted by molar-refractivity contribution is -0.140. The van der Waals surface area contributed by atoms with E-state index in [0.717, 1.165) is 5.56 Å². The molecule has 190 valence electrons. The number of amides is 1. The van der Waals surface area contributed by atoms with E-state index in [-0.39, 0.29) is 34.0 Å². The summed E-state index contributed by atoms with van der Waals surface area (Å²) < 4.78 is 10.6. The Morgan fingerprint density at radius 1 is 0.973 bits per heavy atom. The number of rotatable bonds is 7. The Balaban J connectivity index is 1.88. The molecule has 0 bridgehead atoms. The number of carboxylic acid groups (broad SMARTS) is 1. The van der Waals surface area contributed by atoms with E-state index in [2.05, 4.69) is 0 Å². The predicted molar refractivity (Wildman–Crippen MR) is 137 cm³/mol. The molecule has 1 fully saturated rings. The van der Waals surface area contributed by atoms with E-state index in [4.69, 9.17) is 21.1 Å². The van der Waals surface area contributed by atoms with E-state index in [9.17, 15) is 24.6 Å². The molecule has 1 amide bonds. The first-order valence-electron chi connectivity index (χ1n) is 11.2. The SMILES string of the molecule is COc1ccc(C2/C(=C(\O)c3cc(C)cc(Cl)c3OC)C(=O)C(=O)N2Cc2ccc(C(=O)O)cc2)cc1. The van der Waals surface area contributed by atoms with Crippen LogP contribution in [0.25, 0.3) is 5.76 Å². The standard InChI is InChI=1S/C28H24ClNO7/c1-15-12-20(26(37-3)21(29)13-15)24(31)22-23(17-8-10-19(36-2)11-9-17)30(27(33)25(22)32)14-16-4-6-18(7-5-16)28(34)35/h4-13,23,31H,14H2,1-3H3,(H,34,35)/b24-22+. The molecule has 0 spiro atoms. The minimum atomic E-state index is -1.07. The van der Waals surface area contributed by atoms with Crippen LogP contribution in [0.15, 0.2) is 66.2 Å². The maximum absolute atomic E-state index is 13.4. The van der Waals surface area contributed by atoms with Gasteiger partial charge in [-0.05, 0) is 60.0 Å². The van der Waals surface area contributed by atoms with E-state index in [1.165, 1.54) is 31.3 Å². The van der Waals surface area contributed by atoms with Crippen LogP contribution in [0, 0.1) is 6.92 Å². The zero-order valence-corrected chi connectivity index (χ0v) is 21.1. The molecular weight excluding hydrogens is 498 g/mol. The smallest absolute Gasteiger partial charge is 0.335 e. The summed E-state index contributed by atoms with van der Waals surface area (Å²) in [5, 5.41) is 20.9. The third-order valence-corrected chi connectivity index (χ3v) is 6.45. The first-order valence-corrected chi connectivity index (χ1v) is 11.6. The topological polar surface area (TPSA) is 113 Å². The van der Waals surface area contributed by atoms with Crippen molar-refractivity contribution in [1.29, 1.82) is 0 Å². The van der Waals surface area contributed by atoms with Crippen LogP contribution < -0.4 is 9.47 Å². The summed E-state index contributed by atoms with van der Waals surface area (Å²) in [6, 6.07) is 15.2. The van der Waals surface area contributed by atoms with Gasteiger partial charge in [0.1, 0.15) is 17.3 Å². The average molecular weight is 522 g/mol. The second-order valence-electron chi connectivity index (χ2n) is 8.53. The molecule has 8 nitrogen and oxygen atoms in total. The Kier molecular flexibility index (Phi) is 7.22. The molecule has 37 heavy (non-hydrogen) atoms. The maximum Gasteiger partial charge on any atom is 0.335 e. The number of methoxy groups -OCH3 is 2. The Morgan fingerprint density at radius 3 is 2.19 bits per heavy atom. The number of hydrogen-bond acceptors (Lipinski definition) is 6. The summed E-state index contributed by atoms with van der Waals surface area (Å²) in [7, 11) is 2.92. The third kappa shape index (κ3) is 4.88. The number of carbonyl (C=O) groups is 3. The lowest BCUT2D eigenvalue weighted by Gasteiger charge is -2.26. The van der Waals surface area contributed by atoms with Crippen molar-refractivity contribution in [2.45, 2.75) is 19.5 Å². The molecule has 1 unspecified atom stereocenters. The van der Waals surface area contributed by atoms with Crippen LogP contribution in [0.3, 0.4) is 0 Å². The quantitative estimate of drug-likeness (QED) is 0.256. The van der Waals surface area contributed by atoms with Gasteiger partial charge in [-0.3, -0.25) is 9.59 Å². The van der Waals surface area contributed by atoms with Crippen molar-refractivity contribution in [3.8, 4) is 11.5 Å². The van der Waals surface area contributed by atoms with E-state index < -0.39 is 29.5 Å². The van der Waals surface area contributed by atoms with Crippen molar-refractivity contribution in [2.75, 3.05) is 14.2 Å². The van der Waals surface area contributed by atoms with E-state index in [1.54, 1.807) is 55.5 Å². The monoisotopic (exact) mass is 521 g/mol. The van der Waals surface area contributed by atoms with Gasteiger partial charge in [0.15, 0.2) is 0 Å². The third-order valence-electron chi connectivity index (χ3n) is 6.17. The molecular formula is C28H24ClNO7. The molecule has 0 aliphatic carbocycles. The molecule has 9 heteroatoms. The second-order valence-corrected chi connectivity index (χ2v) is 8.94. The number of aliphatic hydroxyl groups is 1. The van der Waals surface area contributed by atoms with Crippen LogP contribution in [0.4, 0.5) is 0 Å². The number of aromatic carboxylic acids is 1. The molecule has 1 heterocycles. The van der Waals surface area contributed by atoms with Gasteiger partial charge < -0.3 is 24.6 Å². The number of hydrogen-bond donors (Lipinski definition) is 2. The second kappa shape index (κ2) is 10.4. The van der Waals surface area contributed by atoms with Crippen LogP contribution in [0.2, 0.25) is 5.02 Å². The van der Waals surface area contributed by atoms with Crippen molar-refractivity contribution < 1.29 is 34.1 Å². The molecule has 1 aliphatic rings. The summed E-state index contributed by atoms with van der Waals surface area (Å²) in [4.78, 5) is 39.2. The first kappa shape index (κ1) is 25.8. The van der Waals surface area contributed by atoms with E-state index >= 15 is 0 Å². The van der Waals surface area contributed by atoms with Gasteiger partial charge in [-0.1, -0.05) is 35.9 Å². The number of Topliss-reactive ketones (excluding diaryl/α,β-unsaturated/α-hetero) is 1. The Hall–Kier alpha value is -4.30. The molecule has 1 atom stereocenters. The Labute approximate surface area is 218 Å². The molecule has 1 saturated heterocycles. The molecule has 3 aromatic rings. The molecule has 0 radical (unpaired) electrons. The Morgan fingerprint density at radius 2 is 1.62 bits per heavy atom. The fourth-order valence-electron chi connectivity index (χ4n) is 4.38. The van der Waals surface area contributed by atoms with Crippen LogP contribution >= 0.6 is 11.6 Å². The number of benzene rings is 3. The molecule has 2 N–H and O–H groups in total. The highest BCUT2D eigenvalue weighted by Crippen LogP contribution is 2.43. The Bertz CT molecular complexity index is 1410. The van der Waals surface area contributed by atoms with Crippen molar-refractivity contribution in [2.24, 2.45) is 0 Å². The molecule has 0 saturated carbocycles. The highest BCUT2D eigenvalue weighted by molar-refractivity contribution is 6.46. The number of aliphatic hydroxyl groups excluding tert-OH is 1. The number of carbonyl (C=O) groups excluding carboxylic acids is 2. The molecule has 1 aliphatic heterocycles. The zero-order valence-electron chi connectivity index (χ0n) is 20.3. The largest absolute Gasteiger partial charge is 0.507 e. The first-order chi connectivity index (χ1) is 17.7. The molecule has 3 aromatic carbocycles. The summed E-state index contributed by atoms with van der Waals surface area (Å²) in [6.07, 6.45) is 0. The summed E-state index contributed by atoms with van der Waals surface area (Å²) >= 11 is 6.33. The summed E-state index contributed by atoms with van der Waals surface area (Å²) in [5.74, 6) is -2.39. The fourth-order valence-corrected chi connectivity index (χ4v) is 4.73. The lowest BCUT2D eigenvalue weighted by atomic mass is 9.94. The van der Waals surface area contributed by atoms with Gasteiger partial charge in [0, 0.05) is 6.54 Å². The van der Waals surface area contributed by atoms with Gasteiger partial charge in [0.2, 0.25) is 0 Å². The van der Waals surface area contributed by atoms with Crippen molar-refractivity contribution in [3.63, 3.8) is 0 Å². The van der Waals surface area contributed by atoms with Gasteiger partial charge in [-0.2, -0.15) is 0 Å². The predicted octanol–water partition coefficient (Wildman–Crippen LogP) is 4.99. The van der Waals surface area contributed by atoms with Crippen LogP contribution in [-0.4, -0.2) is 47.0 Å². The number of ether oxygens (including phenoxy) is 2. The number of ketones is 1. The highest BCUT2D eigenvalue weighted by atomic mass is 35.5. The van der Waals surface area contributed by atoms with Gasteiger partial charge in [0.25, 0.3) is 11.7 Å². The normalized spacial score (nSPS) is 16.6. The van der Waals surface area contributed by atoms with Crippen LogP contribution in [0.1, 0.15) is 38.7 Å². The number of halogens is 1. The number of likely N-dealkylation sites (tertiary alicyclic amines) is 1. The molecule has 4 rings (SSSR count). The average Bonchev–Trinajstić information content (AvgIpc) is 3.13. The van der Waals surface area contributed by atoms with Gasteiger partial charge in [0.05, 0.1) is 42.0 Å². The van der Waals surface area contributed by atoms with Gasteiger partial charge in [-0.25, -0.2) is 4.79 Å². The van der Waals surface area contributed by atoms with Crippen molar-refractivity contribution in [3.05, 3.63) is 99.1 Å². The molecule has 0 aromatic heterocycles. The number of nitrogens with zero attached hydrogens (tertiary/aromatic N) is 1.